The zero-order chi connectivity index (χ0) is 0. The molecule has 0 bridgehead atoms. The van der Waals surface area contributed by atoms with Crippen molar-refractivity contribution in [3.8, 4) is 0 Å². The summed E-state index contributed by atoms with van der Waals surface area (Å²) in [7, 11) is 0. The van der Waals surface area contributed by atoms with Gasteiger partial charge in [0.2, 0.25) is 0 Å². The van der Waals surface area contributed by atoms with Crippen LogP contribution in [-0.2, 0) is 0 Å². The van der Waals surface area contributed by atoms with Gasteiger partial charge in [0, 0.05) is 74.2 Å². The van der Waals surface area contributed by atoms with Gasteiger partial charge in [0.05, 0.1) is 0 Å². The first kappa shape index (κ1) is 1780. The first-order valence-corrected chi connectivity index (χ1v) is 0. The van der Waals surface area contributed by atoms with Gasteiger partial charge in [0.25, 0.3) is 0 Å². The molecule has 0 aromatic rings. The third-order valence-corrected chi connectivity index (χ3v) is 0. The summed E-state index contributed by atoms with van der Waals surface area (Å²) in [5.41, 5.74) is 0. The van der Waals surface area contributed by atoms with Crippen LogP contribution in [0.2, 0.25) is 0 Å². The van der Waals surface area contributed by atoms with Gasteiger partial charge in [0.1, 0.15) is 0 Å². The predicted molar refractivity (Wildman–Crippen MR) is 64.0 cm³/mol. The molecule has 0 aromatic heterocycles. The Morgan fingerprint density at radius 3 is 0.308 bits per heavy atom. The van der Waals surface area contributed by atoms with E-state index in [1.165, 1.54) is 0 Å². The first-order chi connectivity index (χ1) is 0. The number of hydrogen-bond donors (Lipinski definition) is 0. The molecule has 0 saturated heterocycles. The van der Waals surface area contributed by atoms with Crippen molar-refractivity contribution in [2.45, 2.75) is 0 Å². The van der Waals surface area contributed by atoms with Crippen molar-refractivity contribution in [3.05, 3.63) is 0 Å². The molecule has 0 atom stereocenters. The molecule has 0 rings (SSSR count). The molecule has 14 radical (unpaired) electrons. The summed E-state index contributed by atoms with van der Waals surface area (Å²) in [6.07, 6.45) is 0. The molecule has 0 heterocycles. The standard InChI is InChI=1S/4B.2Li.7H2O.2H2/h;;;;;;7*1H2;2*1H. The summed E-state index contributed by atoms with van der Waals surface area (Å²) >= 11 is 0. The van der Waals surface area contributed by atoms with E-state index < -0.39 is 0 Å². The summed E-state index contributed by atoms with van der Waals surface area (Å²) < 4.78 is 0. The summed E-state index contributed by atoms with van der Waals surface area (Å²) in [5, 5.41) is 0. The van der Waals surface area contributed by atoms with E-state index >= 15 is 0 Å². The number of hydrogen-bond acceptors (Lipinski definition) is 0. The molecular weight excluding hydrogens is 169 g/mol. The minimum atomic E-state index is 0. The topological polar surface area (TPSA) is 220 Å². The second kappa shape index (κ2) is 1420. The van der Waals surface area contributed by atoms with Gasteiger partial charge in [-0.3, -0.25) is 0 Å². The van der Waals surface area contributed by atoms with Crippen molar-refractivity contribution in [3.63, 3.8) is 0 Å². The fourth-order valence-electron chi connectivity index (χ4n) is 0. The molecule has 7 nitrogen and oxygen atoms in total. The van der Waals surface area contributed by atoms with Crippen LogP contribution in [-0.4, -0.2) is 110 Å². The molecule has 0 unspecified atom stereocenters. The Morgan fingerprint density at radius 2 is 0.308 bits per heavy atom. The molecule has 74 valence electrons. The Hall–Kier alpha value is 1.17. The second-order valence-electron chi connectivity index (χ2n) is 0. The van der Waals surface area contributed by atoms with Gasteiger partial charge < -0.3 is 38.3 Å². The van der Waals surface area contributed by atoms with Crippen LogP contribution in [0.3, 0.4) is 0 Å². The minimum absolute atomic E-state index is 0. The van der Waals surface area contributed by atoms with Gasteiger partial charge >= 0.3 is 0 Å². The van der Waals surface area contributed by atoms with Gasteiger partial charge in [-0.25, -0.2) is 0 Å². The van der Waals surface area contributed by atoms with Crippen molar-refractivity contribution in [1.82, 2.24) is 0 Å². The van der Waals surface area contributed by atoms with Crippen LogP contribution in [0.15, 0.2) is 0 Å². The van der Waals surface area contributed by atoms with Gasteiger partial charge in [0.15, 0.2) is 0 Å². The van der Waals surface area contributed by atoms with Crippen molar-refractivity contribution < 1.29 is 41.2 Å². The molecule has 0 aliphatic carbocycles. The maximum absolute atomic E-state index is 0. The molecule has 0 aromatic carbocycles. The second-order valence-corrected chi connectivity index (χ2v) is 0. The molecule has 0 spiro atoms. The largest absolute Gasteiger partial charge is 0.412 e. The molecule has 0 aliphatic heterocycles. The SMILES string of the molecule is O.O.O.O.O.O.O.[B].[B].[B].[B].[HH].[HH].[Li].[Li]. The molecule has 0 amide bonds. The Morgan fingerprint density at radius 1 is 0.308 bits per heavy atom. The van der Waals surface area contributed by atoms with Crippen LogP contribution in [0.5, 0.6) is 0 Å². The van der Waals surface area contributed by atoms with E-state index in [-0.39, 0.29) is 113 Å². The minimum Gasteiger partial charge on any atom is -0.412 e. The van der Waals surface area contributed by atoms with Crippen LogP contribution < -0.4 is 0 Å². The van der Waals surface area contributed by atoms with Crippen molar-refractivity contribution in [1.29, 1.82) is 0 Å². The molecule has 0 fully saturated rings. The average Bonchev–Trinajstić information content (AvgIpc) is 0. The van der Waals surface area contributed by atoms with E-state index in [9.17, 15) is 0 Å². The summed E-state index contributed by atoms with van der Waals surface area (Å²) in [6, 6.07) is 0. The van der Waals surface area contributed by atoms with Crippen LogP contribution in [0, 0.1) is 0 Å². The van der Waals surface area contributed by atoms with E-state index in [1.807, 2.05) is 0 Å². The van der Waals surface area contributed by atoms with Crippen molar-refractivity contribution in [2.75, 3.05) is 0 Å². The maximum atomic E-state index is 0. The summed E-state index contributed by atoms with van der Waals surface area (Å²) in [6.45, 7) is 0. The van der Waals surface area contributed by atoms with E-state index in [0.717, 1.165) is 0 Å². The van der Waals surface area contributed by atoms with E-state index in [2.05, 4.69) is 0 Å². The Balaban J connectivity index is 0. The first-order valence-electron chi connectivity index (χ1n) is 0. The molecule has 0 aliphatic rings. The van der Waals surface area contributed by atoms with Crippen LogP contribution in [0.25, 0.3) is 0 Å². The molecule has 13 heteroatoms. The van der Waals surface area contributed by atoms with Gasteiger partial charge in [-0.15, -0.1) is 0 Å². The Kier molecular flexibility index (Phi) is 194000. The summed E-state index contributed by atoms with van der Waals surface area (Å²) in [5.74, 6) is 0. The Bertz CT molecular complexity index is 27.0. The average molecular weight is 187 g/mol. The van der Waals surface area contributed by atoms with E-state index in [4.69, 9.17) is 0 Å². The van der Waals surface area contributed by atoms with Crippen molar-refractivity contribution >= 4 is 71.4 Å². The van der Waals surface area contributed by atoms with Crippen LogP contribution >= 0.6 is 0 Å². The fourth-order valence-corrected chi connectivity index (χ4v) is 0. The van der Waals surface area contributed by atoms with Crippen molar-refractivity contribution in [2.24, 2.45) is 0 Å². The van der Waals surface area contributed by atoms with Crippen LogP contribution in [0.1, 0.15) is 2.85 Å². The van der Waals surface area contributed by atoms with Gasteiger partial charge in [-0.05, 0) is 0 Å². The Labute approximate surface area is 113 Å². The fraction of sp³-hybridized carbons (Fsp3) is 0. The number of rotatable bonds is 0. The van der Waals surface area contributed by atoms with Crippen LogP contribution in [0.4, 0.5) is 0 Å². The third kappa shape index (κ3) is 1190. The normalized spacial score (nSPS) is 0. The van der Waals surface area contributed by atoms with E-state index in [0.29, 0.717) is 0 Å². The third-order valence-electron chi connectivity index (χ3n) is 0. The zero-order valence-corrected chi connectivity index (χ0v) is 7.81. The smallest absolute Gasteiger partial charge is 0 e. The van der Waals surface area contributed by atoms with Gasteiger partial charge in [-0.1, -0.05) is 0 Å². The van der Waals surface area contributed by atoms with Gasteiger partial charge in [-0.2, -0.15) is 0 Å². The molecular formula is H18B4Li2O7. The monoisotopic (exact) mass is 188 g/mol. The van der Waals surface area contributed by atoms with E-state index in [1.54, 1.807) is 0 Å². The molecule has 0 saturated carbocycles. The zero-order valence-electron chi connectivity index (χ0n) is 7.81. The quantitative estimate of drug-likeness (QED) is 0.322. The maximum Gasteiger partial charge on any atom is 0 e. The molecule has 14 N–H and O–H groups in total. The predicted octanol–water partition coefficient (Wildman–Crippen LogP) is -7.57. The summed E-state index contributed by atoms with van der Waals surface area (Å²) in [4.78, 5) is 0. The molecule has 13 heavy (non-hydrogen) atoms.